The highest BCUT2D eigenvalue weighted by molar-refractivity contribution is 6.70. The second-order valence-corrected chi connectivity index (χ2v) is 4.76. The average Bonchev–Trinajstić information content (AvgIpc) is 2.37. The number of halogens is 4. The predicted molar refractivity (Wildman–Crippen MR) is 80.4 cm³/mol. The summed E-state index contributed by atoms with van der Waals surface area (Å²) in [6.07, 6.45) is 2.68. The van der Waals surface area contributed by atoms with E-state index in [2.05, 4.69) is 11.6 Å². The topological polar surface area (TPSA) is 12.4 Å². The number of allylic oxidation sites excluding steroid dienone is 5. The number of rotatable bonds is 8. The lowest BCUT2D eigenvalue weighted by molar-refractivity contribution is -0.135. The summed E-state index contributed by atoms with van der Waals surface area (Å²) in [6.45, 7) is 5.51. The standard InChI is InChI=1S/C15H21ClF3N/c1-4-5-10-13(14(16)20-3)12(2)9-7-6-8-11-15(17,18)19/h4,9-10H,1,5-8,11H2,2-3H3/b12-9?,13-10-,20-14?. The largest absolute Gasteiger partial charge is 0.389 e. The van der Waals surface area contributed by atoms with E-state index in [0.717, 1.165) is 11.1 Å². The fourth-order valence-corrected chi connectivity index (χ4v) is 1.85. The van der Waals surface area contributed by atoms with Crippen molar-refractivity contribution >= 4 is 16.8 Å². The Morgan fingerprint density at radius 3 is 2.40 bits per heavy atom. The molecule has 114 valence electrons. The molecule has 0 heterocycles. The van der Waals surface area contributed by atoms with Gasteiger partial charge in [-0.3, -0.25) is 4.99 Å². The molecule has 0 N–H and O–H groups in total. The maximum Gasteiger partial charge on any atom is 0.389 e. The van der Waals surface area contributed by atoms with Crippen LogP contribution in [-0.4, -0.2) is 18.4 Å². The van der Waals surface area contributed by atoms with Gasteiger partial charge in [0.1, 0.15) is 5.17 Å². The van der Waals surface area contributed by atoms with Gasteiger partial charge in [0, 0.05) is 19.0 Å². The molecule has 5 heteroatoms. The molecule has 0 aliphatic carbocycles. The van der Waals surface area contributed by atoms with Gasteiger partial charge in [0.25, 0.3) is 0 Å². The van der Waals surface area contributed by atoms with Crippen LogP contribution in [0, 0.1) is 0 Å². The number of nitrogens with zero attached hydrogens (tertiary/aromatic N) is 1. The quantitative estimate of drug-likeness (QED) is 0.232. The van der Waals surface area contributed by atoms with Gasteiger partial charge in [0.15, 0.2) is 0 Å². The Balaban J connectivity index is 4.48. The molecular formula is C15H21ClF3N. The average molecular weight is 308 g/mol. The second-order valence-electron chi connectivity index (χ2n) is 4.40. The molecular weight excluding hydrogens is 287 g/mol. The Hall–Kier alpha value is -1.03. The molecule has 0 aliphatic heterocycles. The minimum atomic E-state index is -4.06. The monoisotopic (exact) mass is 307 g/mol. The molecule has 0 radical (unpaired) electrons. The lowest BCUT2D eigenvalue weighted by Gasteiger charge is -2.07. The summed E-state index contributed by atoms with van der Waals surface area (Å²) < 4.78 is 36.0. The highest BCUT2D eigenvalue weighted by Gasteiger charge is 2.25. The van der Waals surface area contributed by atoms with Crippen LogP contribution in [0.25, 0.3) is 0 Å². The highest BCUT2D eigenvalue weighted by Crippen LogP contribution is 2.23. The number of aliphatic imine (C=N–C) groups is 1. The van der Waals surface area contributed by atoms with Gasteiger partial charge in [-0.05, 0) is 38.2 Å². The molecule has 0 aromatic rings. The van der Waals surface area contributed by atoms with E-state index in [1.807, 2.05) is 19.1 Å². The van der Waals surface area contributed by atoms with Crippen LogP contribution in [0.1, 0.15) is 39.0 Å². The molecule has 0 bridgehead atoms. The fraction of sp³-hybridized carbons (Fsp3) is 0.533. The number of unbranched alkanes of at least 4 members (excludes halogenated alkanes) is 2. The predicted octanol–water partition coefficient (Wildman–Crippen LogP) is 5.83. The van der Waals surface area contributed by atoms with E-state index in [9.17, 15) is 13.2 Å². The summed E-state index contributed by atoms with van der Waals surface area (Å²) in [5, 5.41) is 0.399. The summed E-state index contributed by atoms with van der Waals surface area (Å²) in [4.78, 5) is 3.93. The van der Waals surface area contributed by atoms with Crippen molar-refractivity contribution in [1.29, 1.82) is 0 Å². The lowest BCUT2D eigenvalue weighted by atomic mass is 10.0. The van der Waals surface area contributed by atoms with E-state index >= 15 is 0 Å². The molecule has 0 aromatic carbocycles. The van der Waals surface area contributed by atoms with Crippen molar-refractivity contribution in [2.45, 2.75) is 45.2 Å². The van der Waals surface area contributed by atoms with E-state index in [-0.39, 0.29) is 6.42 Å². The minimum absolute atomic E-state index is 0.147. The molecule has 0 spiro atoms. The first-order valence-electron chi connectivity index (χ1n) is 6.49. The number of alkyl halides is 3. The summed E-state index contributed by atoms with van der Waals surface area (Å²) in [5.41, 5.74) is 1.74. The first-order chi connectivity index (χ1) is 9.31. The van der Waals surface area contributed by atoms with Crippen LogP contribution >= 0.6 is 11.6 Å². The Bertz CT molecular complexity index is 392. The highest BCUT2D eigenvalue weighted by atomic mass is 35.5. The third-order valence-corrected chi connectivity index (χ3v) is 3.07. The van der Waals surface area contributed by atoms with Gasteiger partial charge in [0.05, 0.1) is 0 Å². The minimum Gasteiger partial charge on any atom is -0.276 e. The van der Waals surface area contributed by atoms with Gasteiger partial charge in [-0.15, -0.1) is 6.58 Å². The van der Waals surface area contributed by atoms with Crippen LogP contribution in [0.5, 0.6) is 0 Å². The molecule has 0 fully saturated rings. The smallest absolute Gasteiger partial charge is 0.276 e. The van der Waals surface area contributed by atoms with Crippen LogP contribution in [0.3, 0.4) is 0 Å². The zero-order valence-electron chi connectivity index (χ0n) is 11.9. The molecule has 1 nitrogen and oxygen atoms in total. The van der Waals surface area contributed by atoms with Gasteiger partial charge in [-0.25, -0.2) is 0 Å². The van der Waals surface area contributed by atoms with Gasteiger partial charge >= 0.3 is 6.18 Å². The summed E-state index contributed by atoms with van der Waals surface area (Å²) in [5.74, 6) is 0. The zero-order chi connectivity index (χ0) is 15.6. The van der Waals surface area contributed by atoms with Gasteiger partial charge in [0.2, 0.25) is 0 Å². The van der Waals surface area contributed by atoms with Crippen molar-refractivity contribution in [1.82, 2.24) is 0 Å². The molecule has 0 amide bonds. The molecule has 0 aromatic heterocycles. The summed E-state index contributed by atoms with van der Waals surface area (Å²) in [7, 11) is 1.60. The molecule has 0 aliphatic rings. The van der Waals surface area contributed by atoms with Gasteiger partial charge in [-0.2, -0.15) is 13.2 Å². The van der Waals surface area contributed by atoms with Crippen molar-refractivity contribution < 1.29 is 13.2 Å². The van der Waals surface area contributed by atoms with Crippen molar-refractivity contribution in [3.63, 3.8) is 0 Å². The Morgan fingerprint density at radius 1 is 1.25 bits per heavy atom. The fourth-order valence-electron chi connectivity index (χ4n) is 1.63. The van der Waals surface area contributed by atoms with Gasteiger partial charge < -0.3 is 0 Å². The molecule has 0 saturated carbocycles. The maximum absolute atomic E-state index is 12.0. The van der Waals surface area contributed by atoms with Crippen molar-refractivity contribution in [2.75, 3.05) is 7.05 Å². The van der Waals surface area contributed by atoms with Crippen molar-refractivity contribution in [3.8, 4) is 0 Å². The third kappa shape index (κ3) is 8.97. The van der Waals surface area contributed by atoms with Crippen LogP contribution in [0.4, 0.5) is 13.2 Å². The van der Waals surface area contributed by atoms with E-state index in [1.165, 1.54) is 0 Å². The number of hydrogen-bond donors (Lipinski definition) is 0. The third-order valence-electron chi connectivity index (χ3n) is 2.70. The molecule has 0 unspecified atom stereocenters. The zero-order valence-corrected chi connectivity index (χ0v) is 12.7. The van der Waals surface area contributed by atoms with E-state index in [4.69, 9.17) is 11.6 Å². The Labute approximate surface area is 123 Å². The van der Waals surface area contributed by atoms with Crippen molar-refractivity contribution in [3.05, 3.63) is 36.0 Å². The molecule has 0 rings (SSSR count). The van der Waals surface area contributed by atoms with Crippen molar-refractivity contribution in [2.24, 2.45) is 4.99 Å². The Kier molecular flexibility index (Phi) is 9.30. The maximum atomic E-state index is 12.0. The molecule has 0 saturated heterocycles. The summed E-state index contributed by atoms with van der Waals surface area (Å²) >= 11 is 6.02. The SMILES string of the molecule is C=CC/C=C(/C(C)=CCCCCC(F)(F)F)C(Cl)=NC. The normalized spacial score (nSPS) is 14.6. The van der Waals surface area contributed by atoms with E-state index in [1.54, 1.807) is 13.1 Å². The molecule has 20 heavy (non-hydrogen) atoms. The van der Waals surface area contributed by atoms with Crippen LogP contribution in [-0.2, 0) is 0 Å². The van der Waals surface area contributed by atoms with Gasteiger partial charge in [-0.1, -0.05) is 29.8 Å². The Morgan fingerprint density at radius 2 is 1.90 bits per heavy atom. The second kappa shape index (κ2) is 9.81. The van der Waals surface area contributed by atoms with Crippen LogP contribution < -0.4 is 0 Å². The summed E-state index contributed by atoms with van der Waals surface area (Å²) in [6, 6.07) is 0. The van der Waals surface area contributed by atoms with Crippen LogP contribution in [0.15, 0.2) is 40.9 Å². The first kappa shape index (κ1) is 19.0. The molecule has 0 atom stereocenters. The van der Waals surface area contributed by atoms with E-state index < -0.39 is 12.6 Å². The van der Waals surface area contributed by atoms with Crippen LogP contribution in [0.2, 0.25) is 0 Å². The number of hydrogen-bond acceptors (Lipinski definition) is 1. The van der Waals surface area contributed by atoms with E-state index in [0.29, 0.717) is 24.4 Å². The lowest BCUT2D eigenvalue weighted by Crippen LogP contribution is -2.06. The first-order valence-corrected chi connectivity index (χ1v) is 6.87.